The molecule has 1 heterocycles. The maximum absolute atomic E-state index is 13.4. The van der Waals surface area contributed by atoms with Crippen LogP contribution < -0.4 is 0 Å². The summed E-state index contributed by atoms with van der Waals surface area (Å²) in [6.07, 6.45) is 0.233. The number of carbonyl (C=O) groups is 1. The molecule has 0 saturated carbocycles. The van der Waals surface area contributed by atoms with E-state index in [0.717, 1.165) is 0 Å². The molecule has 0 amide bonds. The number of aliphatic carboxylic acids is 1. The number of benzene rings is 1. The van der Waals surface area contributed by atoms with Crippen LogP contribution >= 0.6 is 0 Å². The molecule has 2 rings (SSSR count). The molecule has 1 N–H and O–H groups in total. The van der Waals surface area contributed by atoms with Crippen molar-refractivity contribution in [3.63, 3.8) is 0 Å². The fourth-order valence-electron chi connectivity index (χ4n) is 1.68. The third-order valence-electron chi connectivity index (χ3n) is 2.74. The SMILES string of the molecule is CC(C)(Cc1cc2cccc(F)c2o1)C(=O)O. The van der Waals surface area contributed by atoms with Crippen molar-refractivity contribution in [2.75, 3.05) is 0 Å². The van der Waals surface area contributed by atoms with Crippen LogP contribution in [0.25, 0.3) is 11.0 Å². The van der Waals surface area contributed by atoms with Crippen LogP contribution in [0.1, 0.15) is 19.6 Å². The third-order valence-corrected chi connectivity index (χ3v) is 2.74. The van der Waals surface area contributed by atoms with E-state index in [1.807, 2.05) is 0 Å². The minimum atomic E-state index is -0.926. The Balaban J connectivity index is 2.38. The van der Waals surface area contributed by atoms with Crippen LogP contribution in [0.15, 0.2) is 28.7 Å². The Labute approximate surface area is 97.9 Å². The Kier molecular flexibility index (Phi) is 2.65. The second-order valence-corrected chi connectivity index (χ2v) is 4.74. The van der Waals surface area contributed by atoms with Crippen molar-refractivity contribution in [1.82, 2.24) is 0 Å². The normalized spacial score (nSPS) is 11.9. The lowest BCUT2D eigenvalue weighted by atomic mass is 9.88. The largest absolute Gasteiger partial charge is 0.481 e. The van der Waals surface area contributed by atoms with E-state index < -0.39 is 17.2 Å². The standard InChI is InChI=1S/C13H13FO3/c1-13(2,12(15)16)7-9-6-8-4-3-5-10(14)11(8)17-9/h3-6H,7H2,1-2H3,(H,15,16). The van der Waals surface area contributed by atoms with E-state index in [4.69, 9.17) is 9.52 Å². The molecule has 1 aromatic heterocycles. The first-order valence-electron chi connectivity index (χ1n) is 5.30. The first-order valence-corrected chi connectivity index (χ1v) is 5.30. The summed E-state index contributed by atoms with van der Waals surface area (Å²) >= 11 is 0. The van der Waals surface area contributed by atoms with Gasteiger partial charge in [0.15, 0.2) is 11.4 Å². The van der Waals surface area contributed by atoms with Crippen molar-refractivity contribution in [3.05, 3.63) is 35.8 Å². The number of halogens is 1. The lowest BCUT2D eigenvalue weighted by molar-refractivity contribution is -0.147. The molecule has 0 fully saturated rings. The van der Waals surface area contributed by atoms with Gasteiger partial charge in [-0.1, -0.05) is 12.1 Å². The van der Waals surface area contributed by atoms with Crippen LogP contribution in [0.4, 0.5) is 4.39 Å². The smallest absolute Gasteiger partial charge is 0.309 e. The molecule has 1 aromatic carbocycles. The highest BCUT2D eigenvalue weighted by molar-refractivity contribution is 5.79. The summed E-state index contributed by atoms with van der Waals surface area (Å²) < 4.78 is 18.7. The monoisotopic (exact) mass is 236 g/mol. The molecule has 0 aliphatic heterocycles. The molecule has 0 aliphatic rings. The van der Waals surface area contributed by atoms with E-state index in [2.05, 4.69) is 0 Å². The van der Waals surface area contributed by atoms with Crippen molar-refractivity contribution in [2.45, 2.75) is 20.3 Å². The molecule has 3 nitrogen and oxygen atoms in total. The number of carboxylic acids is 1. The van der Waals surface area contributed by atoms with Gasteiger partial charge < -0.3 is 9.52 Å². The van der Waals surface area contributed by atoms with Crippen LogP contribution in [0, 0.1) is 11.2 Å². The summed E-state index contributed by atoms with van der Waals surface area (Å²) in [5.74, 6) is -0.849. The maximum atomic E-state index is 13.4. The average Bonchev–Trinajstić information content (AvgIpc) is 2.60. The number of hydrogen-bond donors (Lipinski definition) is 1. The summed E-state index contributed by atoms with van der Waals surface area (Å²) in [7, 11) is 0. The second-order valence-electron chi connectivity index (χ2n) is 4.74. The van der Waals surface area contributed by atoms with E-state index >= 15 is 0 Å². The molecule has 2 aromatic rings. The van der Waals surface area contributed by atoms with Gasteiger partial charge in [-0.05, 0) is 26.0 Å². The quantitative estimate of drug-likeness (QED) is 0.890. The molecule has 90 valence electrons. The number of hydrogen-bond acceptors (Lipinski definition) is 2. The first kappa shape index (κ1) is 11.6. The average molecular weight is 236 g/mol. The summed E-state index contributed by atoms with van der Waals surface area (Å²) in [6.45, 7) is 3.22. The van der Waals surface area contributed by atoms with Crippen molar-refractivity contribution < 1.29 is 18.7 Å². The molecule has 0 unspecified atom stereocenters. The number of fused-ring (bicyclic) bond motifs is 1. The van der Waals surface area contributed by atoms with Gasteiger partial charge in [0.2, 0.25) is 0 Å². The Hall–Kier alpha value is -1.84. The lowest BCUT2D eigenvalue weighted by Gasteiger charge is -2.16. The van der Waals surface area contributed by atoms with Gasteiger partial charge in [-0.15, -0.1) is 0 Å². The Bertz CT molecular complexity index is 569. The van der Waals surface area contributed by atoms with Crippen LogP contribution in [-0.4, -0.2) is 11.1 Å². The zero-order chi connectivity index (χ0) is 12.6. The predicted molar refractivity (Wildman–Crippen MR) is 61.3 cm³/mol. The lowest BCUT2D eigenvalue weighted by Crippen LogP contribution is -2.25. The molecule has 0 bridgehead atoms. The van der Waals surface area contributed by atoms with E-state index in [-0.39, 0.29) is 12.0 Å². The van der Waals surface area contributed by atoms with Crippen LogP contribution in [0.2, 0.25) is 0 Å². The molecule has 0 spiro atoms. The fraction of sp³-hybridized carbons (Fsp3) is 0.308. The highest BCUT2D eigenvalue weighted by atomic mass is 19.1. The van der Waals surface area contributed by atoms with Crippen molar-refractivity contribution in [2.24, 2.45) is 5.41 Å². The minimum absolute atomic E-state index is 0.184. The van der Waals surface area contributed by atoms with E-state index in [0.29, 0.717) is 11.1 Å². The predicted octanol–water partition coefficient (Wildman–Crippen LogP) is 3.23. The molecule has 17 heavy (non-hydrogen) atoms. The number of para-hydroxylation sites is 1. The van der Waals surface area contributed by atoms with Gasteiger partial charge in [0.25, 0.3) is 0 Å². The van der Waals surface area contributed by atoms with E-state index in [9.17, 15) is 9.18 Å². The molecular weight excluding hydrogens is 223 g/mol. The number of furan rings is 1. The maximum Gasteiger partial charge on any atom is 0.309 e. The number of rotatable bonds is 3. The van der Waals surface area contributed by atoms with Crippen molar-refractivity contribution in [3.8, 4) is 0 Å². The van der Waals surface area contributed by atoms with Gasteiger partial charge in [0, 0.05) is 11.8 Å². The van der Waals surface area contributed by atoms with Gasteiger partial charge in [-0.3, -0.25) is 4.79 Å². The summed E-state index contributed by atoms with van der Waals surface area (Å²) in [4.78, 5) is 11.0. The molecular formula is C13H13FO3. The molecule has 4 heteroatoms. The molecule has 0 radical (unpaired) electrons. The van der Waals surface area contributed by atoms with Crippen molar-refractivity contribution in [1.29, 1.82) is 0 Å². The molecule has 0 atom stereocenters. The van der Waals surface area contributed by atoms with Crippen LogP contribution in [-0.2, 0) is 11.2 Å². The van der Waals surface area contributed by atoms with Crippen molar-refractivity contribution >= 4 is 16.9 Å². The first-order chi connectivity index (χ1) is 7.90. The highest BCUT2D eigenvalue weighted by Gasteiger charge is 2.29. The second kappa shape index (κ2) is 3.87. The Morgan fingerprint density at radius 1 is 1.47 bits per heavy atom. The third kappa shape index (κ3) is 2.16. The van der Waals surface area contributed by atoms with Gasteiger partial charge in [0.1, 0.15) is 5.76 Å². The summed E-state index contributed by atoms with van der Waals surface area (Å²) in [5, 5.41) is 9.67. The van der Waals surface area contributed by atoms with Gasteiger partial charge in [-0.2, -0.15) is 0 Å². The summed E-state index contributed by atoms with van der Waals surface area (Å²) in [5.41, 5.74) is -0.742. The Morgan fingerprint density at radius 3 is 2.76 bits per heavy atom. The number of carboxylic acid groups (broad SMARTS) is 1. The molecule has 0 aliphatic carbocycles. The van der Waals surface area contributed by atoms with Gasteiger partial charge in [-0.25, -0.2) is 4.39 Å². The van der Waals surface area contributed by atoms with E-state index in [1.54, 1.807) is 32.0 Å². The molecule has 0 saturated heterocycles. The van der Waals surface area contributed by atoms with Crippen LogP contribution in [0.5, 0.6) is 0 Å². The summed E-state index contributed by atoms with van der Waals surface area (Å²) in [6, 6.07) is 6.33. The minimum Gasteiger partial charge on any atom is -0.481 e. The fourth-order valence-corrected chi connectivity index (χ4v) is 1.68. The zero-order valence-corrected chi connectivity index (χ0v) is 9.66. The van der Waals surface area contributed by atoms with E-state index in [1.165, 1.54) is 6.07 Å². The zero-order valence-electron chi connectivity index (χ0n) is 9.66. The Morgan fingerprint density at radius 2 is 2.18 bits per heavy atom. The highest BCUT2D eigenvalue weighted by Crippen LogP contribution is 2.28. The van der Waals surface area contributed by atoms with Gasteiger partial charge in [0.05, 0.1) is 5.41 Å². The van der Waals surface area contributed by atoms with Crippen LogP contribution in [0.3, 0.4) is 0 Å². The topological polar surface area (TPSA) is 50.4 Å². The van der Waals surface area contributed by atoms with Gasteiger partial charge >= 0.3 is 5.97 Å².